The smallest absolute Gasteiger partial charge is 0.326 e. The number of rotatable bonds is 5. The first-order valence-electron chi connectivity index (χ1n) is 8.79. The van der Waals surface area contributed by atoms with E-state index in [1.165, 1.54) is 5.56 Å². The maximum Gasteiger partial charge on any atom is 0.326 e. The van der Waals surface area contributed by atoms with Crippen molar-refractivity contribution in [2.45, 2.75) is 32.7 Å². The van der Waals surface area contributed by atoms with Gasteiger partial charge in [0, 0.05) is 5.69 Å². The maximum atomic E-state index is 12.0. The Morgan fingerprint density at radius 3 is 2.48 bits per heavy atom. The molecule has 27 heavy (non-hydrogen) atoms. The van der Waals surface area contributed by atoms with Crippen molar-refractivity contribution < 1.29 is 14.3 Å². The van der Waals surface area contributed by atoms with Crippen molar-refractivity contribution in [1.29, 1.82) is 0 Å². The summed E-state index contributed by atoms with van der Waals surface area (Å²) in [6.07, 6.45) is 1.59. The Bertz CT molecular complexity index is 953. The summed E-state index contributed by atoms with van der Waals surface area (Å²) in [5.41, 5.74) is 3.55. The Kier molecular flexibility index (Phi) is 5.26. The number of esters is 1. The first kappa shape index (κ1) is 18.6. The highest BCUT2D eigenvalue weighted by Crippen LogP contribution is 2.23. The van der Waals surface area contributed by atoms with Gasteiger partial charge in [0.15, 0.2) is 6.61 Å². The van der Waals surface area contributed by atoms with Crippen LogP contribution in [0.25, 0.3) is 11.0 Å². The molecule has 0 aliphatic rings. The molecule has 140 valence electrons. The molecule has 6 nitrogen and oxygen atoms in total. The third-order valence-electron chi connectivity index (χ3n) is 4.23. The topological polar surface area (TPSA) is 73.2 Å². The zero-order valence-electron chi connectivity index (χ0n) is 15.7. The van der Waals surface area contributed by atoms with Gasteiger partial charge >= 0.3 is 5.97 Å². The molecule has 0 aliphatic carbocycles. The summed E-state index contributed by atoms with van der Waals surface area (Å²) in [5.74, 6) is -0.862. The van der Waals surface area contributed by atoms with Crippen LogP contribution < -0.4 is 5.32 Å². The molecular formula is C21H23N3O3. The second kappa shape index (κ2) is 7.61. The van der Waals surface area contributed by atoms with E-state index in [4.69, 9.17) is 4.74 Å². The van der Waals surface area contributed by atoms with Gasteiger partial charge in [0.1, 0.15) is 6.54 Å². The summed E-state index contributed by atoms with van der Waals surface area (Å²) in [5, 5.41) is 2.73. The predicted molar refractivity (Wildman–Crippen MR) is 104 cm³/mol. The van der Waals surface area contributed by atoms with E-state index in [1.807, 2.05) is 48.5 Å². The number of nitrogens with one attached hydrogen (secondary N) is 1. The van der Waals surface area contributed by atoms with Gasteiger partial charge in [0.25, 0.3) is 5.91 Å². The fraction of sp³-hybridized carbons (Fsp3) is 0.286. The number of hydrogen-bond donors (Lipinski definition) is 1. The van der Waals surface area contributed by atoms with Crippen LogP contribution in [0.3, 0.4) is 0 Å². The number of amides is 1. The van der Waals surface area contributed by atoms with Crippen molar-refractivity contribution in [3.8, 4) is 0 Å². The number of aromatic nitrogens is 2. The van der Waals surface area contributed by atoms with Gasteiger partial charge in [0.2, 0.25) is 0 Å². The average molecular weight is 365 g/mol. The number of para-hydroxylation sites is 2. The van der Waals surface area contributed by atoms with Crippen molar-refractivity contribution in [2.75, 3.05) is 11.9 Å². The average Bonchev–Trinajstić information content (AvgIpc) is 3.03. The van der Waals surface area contributed by atoms with E-state index in [2.05, 4.69) is 31.1 Å². The SMILES string of the molecule is CC(C)(C)c1ccc(NC(=O)COC(=O)Cn2cnc3ccccc32)cc1. The van der Waals surface area contributed by atoms with Gasteiger partial charge in [-0.1, -0.05) is 45.0 Å². The minimum atomic E-state index is -0.489. The van der Waals surface area contributed by atoms with Gasteiger partial charge in [-0.2, -0.15) is 0 Å². The number of imidazole rings is 1. The molecule has 0 bridgehead atoms. The van der Waals surface area contributed by atoms with Gasteiger partial charge in [-0.3, -0.25) is 9.59 Å². The molecule has 6 heteroatoms. The first-order valence-corrected chi connectivity index (χ1v) is 8.79. The number of carbonyl (C=O) groups excluding carboxylic acids is 2. The second-order valence-electron chi connectivity index (χ2n) is 7.40. The zero-order valence-corrected chi connectivity index (χ0v) is 15.7. The molecule has 0 unspecified atom stereocenters. The molecule has 0 spiro atoms. The fourth-order valence-electron chi connectivity index (χ4n) is 2.72. The molecule has 0 atom stereocenters. The van der Waals surface area contributed by atoms with Crippen LogP contribution in [0.5, 0.6) is 0 Å². The molecule has 0 radical (unpaired) electrons. The Labute approximate surface area is 158 Å². The summed E-state index contributed by atoms with van der Waals surface area (Å²) < 4.78 is 6.77. The monoisotopic (exact) mass is 365 g/mol. The van der Waals surface area contributed by atoms with Gasteiger partial charge in [-0.25, -0.2) is 4.98 Å². The number of anilines is 1. The van der Waals surface area contributed by atoms with Gasteiger partial charge in [-0.15, -0.1) is 0 Å². The number of fused-ring (bicyclic) bond motifs is 1. The largest absolute Gasteiger partial charge is 0.454 e. The van der Waals surface area contributed by atoms with Crippen LogP contribution in [0.2, 0.25) is 0 Å². The highest BCUT2D eigenvalue weighted by molar-refractivity contribution is 5.92. The lowest BCUT2D eigenvalue weighted by Gasteiger charge is -2.19. The molecule has 0 saturated heterocycles. The molecule has 0 saturated carbocycles. The van der Waals surface area contributed by atoms with Crippen molar-refractivity contribution in [3.05, 3.63) is 60.4 Å². The molecule has 0 fully saturated rings. The molecule has 3 rings (SSSR count). The van der Waals surface area contributed by atoms with Gasteiger partial charge in [-0.05, 0) is 35.2 Å². The predicted octanol–water partition coefficient (Wildman–Crippen LogP) is 3.52. The zero-order chi connectivity index (χ0) is 19.4. The lowest BCUT2D eigenvalue weighted by molar-refractivity contribution is -0.147. The molecule has 1 heterocycles. The molecule has 1 aromatic heterocycles. The van der Waals surface area contributed by atoms with Crippen LogP contribution in [0.15, 0.2) is 54.9 Å². The summed E-state index contributed by atoms with van der Waals surface area (Å²) in [6, 6.07) is 15.2. The van der Waals surface area contributed by atoms with Crippen LogP contribution in [0.1, 0.15) is 26.3 Å². The van der Waals surface area contributed by atoms with Crippen molar-refractivity contribution >= 4 is 28.6 Å². The third kappa shape index (κ3) is 4.73. The minimum absolute atomic E-state index is 0.00801. The van der Waals surface area contributed by atoms with E-state index in [1.54, 1.807) is 10.9 Å². The fourth-order valence-corrected chi connectivity index (χ4v) is 2.72. The minimum Gasteiger partial charge on any atom is -0.454 e. The molecule has 0 aliphatic heterocycles. The standard InChI is InChI=1S/C21H23N3O3/c1-21(2,3)15-8-10-16(11-9-15)23-19(25)13-27-20(26)12-24-14-22-17-6-4-5-7-18(17)24/h4-11,14H,12-13H2,1-3H3,(H,23,25). The van der Waals surface area contributed by atoms with E-state index >= 15 is 0 Å². The van der Waals surface area contributed by atoms with E-state index in [0.29, 0.717) is 5.69 Å². The number of carbonyl (C=O) groups is 2. The van der Waals surface area contributed by atoms with Crippen molar-refractivity contribution in [1.82, 2.24) is 9.55 Å². The number of ether oxygens (including phenoxy) is 1. The van der Waals surface area contributed by atoms with Crippen LogP contribution in [0, 0.1) is 0 Å². The first-order chi connectivity index (χ1) is 12.8. The van der Waals surface area contributed by atoms with E-state index in [0.717, 1.165) is 11.0 Å². The van der Waals surface area contributed by atoms with Crippen LogP contribution in [-0.4, -0.2) is 28.0 Å². The quantitative estimate of drug-likeness (QED) is 0.702. The van der Waals surface area contributed by atoms with E-state index in [-0.39, 0.29) is 24.5 Å². The molecule has 1 amide bonds. The van der Waals surface area contributed by atoms with Gasteiger partial charge in [0.05, 0.1) is 17.4 Å². The number of nitrogens with zero attached hydrogens (tertiary/aromatic N) is 2. The summed E-state index contributed by atoms with van der Waals surface area (Å²) in [6.45, 7) is 6.07. The Morgan fingerprint density at radius 2 is 1.78 bits per heavy atom. The van der Waals surface area contributed by atoms with E-state index in [9.17, 15) is 9.59 Å². The summed E-state index contributed by atoms with van der Waals surface area (Å²) in [4.78, 5) is 28.2. The normalized spacial score (nSPS) is 11.4. The van der Waals surface area contributed by atoms with E-state index < -0.39 is 5.97 Å². The van der Waals surface area contributed by atoms with Crippen molar-refractivity contribution in [2.24, 2.45) is 0 Å². The Hall–Kier alpha value is -3.15. The molecule has 1 N–H and O–H groups in total. The maximum absolute atomic E-state index is 12.0. The van der Waals surface area contributed by atoms with Crippen LogP contribution in [0.4, 0.5) is 5.69 Å². The molecular weight excluding hydrogens is 342 g/mol. The van der Waals surface area contributed by atoms with Crippen molar-refractivity contribution in [3.63, 3.8) is 0 Å². The third-order valence-corrected chi connectivity index (χ3v) is 4.23. The second-order valence-corrected chi connectivity index (χ2v) is 7.40. The summed E-state index contributed by atoms with van der Waals surface area (Å²) in [7, 11) is 0. The van der Waals surface area contributed by atoms with Gasteiger partial charge < -0.3 is 14.6 Å². The molecule has 2 aromatic carbocycles. The number of hydrogen-bond acceptors (Lipinski definition) is 4. The lowest BCUT2D eigenvalue weighted by atomic mass is 9.87. The highest BCUT2D eigenvalue weighted by Gasteiger charge is 2.14. The number of benzene rings is 2. The lowest BCUT2D eigenvalue weighted by Crippen LogP contribution is -2.23. The summed E-state index contributed by atoms with van der Waals surface area (Å²) >= 11 is 0. The van der Waals surface area contributed by atoms with Crippen LogP contribution in [-0.2, 0) is 26.3 Å². The Morgan fingerprint density at radius 1 is 1.07 bits per heavy atom. The molecule has 3 aromatic rings. The Balaban J connectivity index is 1.51. The van der Waals surface area contributed by atoms with Crippen LogP contribution >= 0.6 is 0 Å². The highest BCUT2D eigenvalue weighted by atomic mass is 16.5.